The molecule has 2 rings (SSSR count). The minimum Gasteiger partial charge on any atom is -0.345 e. The zero-order valence-electron chi connectivity index (χ0n) is 11.9. The molecule has 2 amide bonds. The lowest BCUT2D eigenvalue weighted by atomic mass is 10.1. The average Bonchev–Trinajstić information content (AvgIpc) is 2.98. The molecular weight excluding hydrogens is 284 g/mol. The normalized spacial score (nSPS) is 10.6. The molecule has 0 saturated heterocycles. The number of carbonyl (C=O) groups is 2. The SMILES string of the molecule is CN(C)C(=O)c1ccccc1NC(=O)/C=C/c1cccs1. The maximum Gasteiger partial charge on any atom is 0.255 e. The van der Waals surface area contributed by atoms with E-state index in [1.54, 1.807) is 55.8 Å². The minimum absolute atomic E-state index is 0.145. The Bertz CT molecular complexity index is 661. The molecular formula is C16H16N2O2S. The van der Waals surface area contributed by atoms with Crippen molar-refractivity contribution in [3.05, 3.63) is 58.3 Å². The van der Waals surface area contributed by atoms with Crippen LogP contribution in [0.3, 0.4) is 0 Å². The van der Waals surface area contributed by atoms with Gasteiger partial charge < -0.3 is 10.2 Å². The van der Waals surface area contributed by atoms with Crippen molar-refractivity contribution in [2.45, 2.75) is 0 Å². The van der Waals surface area contributed by atoms with E-state index < -0.39 is 0 Å². The minimum atomic E-state index is -0.262. The molecule has 0 bridgehead atoms. The van der Waals surface area contributed by atoms with Gasteiger partial charge in [0.1, 0.15) is 0 Å². The highest BCUT2D eigenvalue weighted by molar-refractivity contribution is 7.10. The molecule has 1 aromatic heterocycles. The summed E-state index contributed by atoms with van der Waals surface area (Å²) < 4.78 is 0. The van der Waals surface area contributed by atoms with E-state index in [0.29, 0.717) is 11.3 Å². The Balaban J connectivity index is 2.12. The summed E-state index contributed by atoms with van der Waals surface area (Å²) in [6.07, 6.45) is 3.21. The molecule has 0 unspecified atom stereocenters. The molecule has 0 radical (unpaired) electrons. The first kappa shape index (κ1) is 15.0. The molecule has 0 saturated carbocycles. The van der Waals surface area contributed by atoms with Crippen LogP contribution in [-0.4, -0.2) is 30.8 Å². The highest BCUT2D eigenvalue weighted by Gasteiger charge is 2.13. The first-order valence-corrected chi connectivity index (χ1v) is 7.29. The van der Waals surface area contributed by atoms with Crippen molar-refractivity contribution in [3.63, 3.8) is 0 Å². The van der Waals surface area contributed by atoms with Crippen molar-refractivity contribution >= 4 is 34.9 Å². The highest BCUT2D eigenvalue weighted by Crippen LogP contribution is 2.17. The smallest absolute Gasteiger partial charge is 0.255 e. The molecule has 2 aromatic rings. The van der Waals surface area contributed by atoms with Crippen molar-refractivity contribution < 1.29 is 9.59 Å². The van der Waals surface area contributed by atoms with Gasteiger partial charge in [-0.1, -0.05) is 18.2 Å². The summed E-state index contributed by atoms with van der Waals surface area (Å²) in [5, 5.41) is 4.69. The fraction of sp³-hybridized carbons (Fsp3) is 0.125. The first-order valence-electron chi connectivity index (χ1n) is 6.41. The summed E-state index contributed by atoms with van der Waals surface area (Å²) in [5.41, 5.74) is 0.984. The van der Waals surface area contributed by atoms with Crippen LogP contribution in [0.2, 0.25) is 0 Å². The van der Waals surface area contributed by atoms with Crippen LogP contribution >= 0.6 is 11.3 Å². The molecule has 0 atom stereocenters. The molecule has 21 heavy (non-hydrogen) atoms. The van der Waals surface area contributed by atoms with Gasteiger partial charge in [-0.05, 0) is 29.7 Å². The fourth-order valence-electron chi connectivity index (χ4n) is 1.74. The number of amides is 2. The van der Waals surface area contributed by atoms with Gasteiger partial charge in [-0.25, -0.2) is 0 Å². The van der Waals surface area contributed by atoms with Crippen LogP contribution in [0.5, 0.6) is 0 Å². The second-order valence-electron chi connectivity index (χ2n) is 4.58. The number of anilines is 1. The van der Waals surface area contributed by atoms with E-state index in [1.165, 1.54) is 11.0 Å². The summed E-state index contributed by atoms with van der Waals surface area (Å²) in [4.78, 5) is 26.5. The Morgan fingerprint density at radius 1 is 1.14 bits per heavy atom. The Labute approximate surface area is 127 Å². The topological polar surface area (TPSA) is 49.4 Å². The second-order valence-corrected chi connectivity index (χ2v) is 5.56. The largest absolute Gasteiger partial charge is 0.345 e. The molecule has 1 aromatic carbocycles. The van der Waals surface area contributed by atoms with Gasteiger partial charge in [-0.15, -0.1) is 11.3 Å². The van der Waals surface area contributed by atoms with Crippen LogP contribution in [0.15, 0.2) is 47.9 Å². The van der Waals surface area contributed by atoms with Gasteiger partial charge in [0, 0.05) is 25.0 Å². The number of rotatable bonds is 4. The maximum absolute atomic E-state index is 12.0. The Morgan fingerprint density at radius 2 is 1.90 bits per heavy atom. The molecule has 1 heterocycles. The number of benzene rings is 1. The van der Waals surface area contributed by atoms with E-state index in [-0.39, 0.29) is 11.8 Å². The summed E-state index contributed by atoms with van der Waals surface area (Å²) >= 11 is 1.56. The molecule has 5 heteroatoms. The number of nitrogens with one attached hydrogen (secondary N) is 1. The monoisotopic (exact) mass is 300 g/mol. The van der Waals surface area contributed by atoms with E-state index in [0.717, 1.165) is 4.88 Å². The van der Waals surface area contributed by atoms with Crippen molar-refractivity contribution in [1.29, 1.82) is 0 Å². The van der Waals surface area contributed by atoms with Crippen LogP contribution < -0.4 is 5.32 Å². The van der Waals surface area contributed by atoms with Crippen LogP contribution in [0.1, 0.15) is 15.2 Å². The maximum atomic E-state index is 12.0. The van der Waals surface area contributed by atoms with Gasteiger partial charge in [0.25, 0.3) is 5.91 Å². The van der Waals surface area contributed by atoms with Gasteiger partial charge in [0.2, 0.25) is 5.91 Å². The predicted octanol–water partition coefficient (Wildman–Crippen LogP) is 3.10. The van der Waals surface area contributed by atoms with Crippen LogP contribution in [0, 0.1) is 0 Å². The van der Waals surface area contributed by atoms with E-state index in [9.17, 15) is 9.59 Å². The third-order valence-electron chi connectivity index (χ3n) is 2.76. The van der Waals surface area contributed by atoms with Crippen molar-refractivity contribution in [2.24, 2.45) is 0 Å². The zero-order chi connectivity index (χ0) is 15.2. The third kappa shape index (κ3) is 4.03. The quantitative estimate of drug-likeness (QED) is 0.882. The number of nitrogens with zero attached hydrogens (tertiary/aromatic N) is 1. The lowest BCUT2D eigenvalue weighted by Gasteiger charge is -2.14. The van der Waals surface area contributed by atoms with Gasteiger partial charge in [-0.3, -0.25) is 9.59 Å². The fourth-order valence-corrected chi connectivity index (χ4v) is 2.36. The summed E-state index contributed by atoms with van der Waals surface area (Å²) in [6, 6.07) is 10.8. The second kappa shape index (κ2) is 6.85. The summed E-state index contributed by atoms with van der Waals surface area (Å²) in [6.45, 7) is 0. The van der Waals surface area contributed by atoms with E-state index in [4.69, 9.17) is 0 Å². The zero-order valence-corrected chi connectivity index (χ0v) is 12.7. The van der Waals surface area contributed by atoms with Crippen LogP contribution in [0.25, 0.3) is 6.08 Å². The molecule has 0 aliphatic rings. The van der Waals surface area contributed by atoms with Crippen molar-refractivity contribution in [3.8, 4) is 0 Å². The van der Waals surface area contributed by atoms with Gasteiger partial charge >= 0.3 is 0 Å². The number of thiophene rings is 1. The Hall–Kier alpha value is -2.40. The van der Waals surface area contributed by atoms with E-state index in [1.807, 2.05) is 17.5 Å². The molecule has 0 aliphatic carbocycles. The third-order valence-corrected chi connectivity index (χ3v) is 3.60. The Morgan fingerprint density at radius 3 is 2.57 bits per heavy atom. The molecule has 0 spiro atoms. The summed E-state index contributed by atoms with van der Waals surface area (Å²) in [5.74, 6) is -0.407. The van der Waals surface area contributed by atoms with Crippen LogP contribution in [0.4, 0.5) is 5.69 Å². The number of hydrogen-bond donors (Lipinski definition) is 1. The molecule has 0 aliphatic heterocycles. The van der Waals surface area contributed by atoms with Crippen LogP contribution in [-0.2, 0) is 4.79 Å². The lowest BCUT2D eigenvalue weighted by Crippen LogP contribution is -2.23. The predicted molar refractivity (Wildman–Crippen MR) is 86.4 cm³/mol. The first-order chi connectivity index (χ1) is 10.1. The molecule has 0 fully saturated rings. The molecule has 4 nitrogen and oxygen atoms in total. The van der Waals surface area contributed by atoms with Crippen molar-refractivity contribution in [2.75, 3.05) is 19.4 Å². The van der Waals surface area contributed by atoms with Gasteiger partial charge in [-0.2, -0.15) is 0 Å². The molecule has 1 N–H and O–H groups in total. The number of para-hydroxylation sites is 1. The Kier molecular flexibility index (Phi) is 4.90. The van der Waals surface area contributed by atoms with Crippen molar-refractivity contribution in [1.82, 2.24) is 4.90 Å². The summed E-state index contributed by atoms with van der Waals surface area (Å²) in [7, 11) is 3.36. The number of carbonyl (C=O) groups excluding carboxylic acids is 2. The standard InChI is InChI=1S/C16H16N2O2S/c1-18(2)16(20)13-7-3-4-8-14(13)17-15(19)10-9-12-6-5-11-21-12/h3-11H,1-2H3,(H,17,19)/b10-9+. The highest BCUT2D eigenvalue weighted by atomic mass is 32.1. The average molecular weight is 300 g/mol. The van der Waals surface area contributed by atoms with E-state index >= 15 is 0 Å². The lowest BCUT2D eigenvalue weighted by molar-refractivity contribution is -0.111. The number of hydrogen-bond acceptors (Lipinski definition) is 3. The van der Waals surface area contributed by atoms with Gasteiger partial charge in [0.05, 0.1) is 11.3 Å². The van der Waals surface area contributed by atoms with Gasteiger partial charge in [0.15, 0.2) is 0 Å². The van der Waals surface area contributed by atoms with E-state index in [2.05, 4.69) is 5.32 Å². The molecule has 108 valence electrons.